The maximum atomic E-state index is 13.1. The maximum absolute atomic E-state index is 13.1. The Labute approximate surface area is 135 Å². The number of aryl methyl sites for hydroxylation is 2. The van der Waals surface area contributed by atoms with Crippen molar-refractivity contribution >= 4 is 22.6 Å². The van der Waals surface area contributed by atoms with E-state index in [9.17, 15) is 18.4 Å². The van der Waals surface area contributed by atoms with Gasteiger partial charge in [0.2, 0.25) is 0 Å². The average molecular weight is 332 g/mol. The molecular formula is C17H14F2N2O3. The predicted molar refractivity (Wildman–Crippen MR) is 85.6 cm³/mol. The van der Waals surface area contributed by atoms with Gasteiger partial charge in [-0.15, -0.1) is 0 Å². The number of anilines is 1. The Morgan fingerprint density at radius 3 is 2.62 bits per heavy atom. The zero-order valence-electron chi connectivity index (χ0n) is 13.0. The molecule has 0 saturated heterocycles. The SMILES string of the molecule is Cc1cc(=O)oc2cc(NC(=O)c3ccc(C)n3C(F)F)ccc12. The highest BCUT2D eigenvalue weighted by atomic mass is 19.3. The summed E-state index contributed by atoms with van der Waals surface area (Å²) in [6.45, 7) is 0.463. The summed E-state index contributed by atoms with van der Waals surface area (Å²) in [5.74, 6) is -0.669. The molecule has 7 heteroatoms. The molecule has 5 nitrogen and oxygen atoms in total. The molecule has 0 bridgehead atoms. The number of fused-ring (bicyclic) bond motifs is 1. The maximum Gasteiger partial charge on any atom is 0.336 e. The fraction of sp³-hybridized carbons (Fsp3) is 0.176. The van der Waals surface area contributed by atoms with E-state index in [1.54, 1.807) is 19.1 Å². The molecule has 124 valence electrons. The Balaban J connectivity index is 1.95. The summed E-state index contributed by atoms with van der Waals surface area (Å²) >= 11 is 0. The zero-order chi connectivity index (χ0) is 17.4. The lowest BCUT2D eigenvalue weighted by molar-refractivity contribution is 0.0632. The van der Waals surface area contributed by atoms with E-state index in [4.69, 9.17) is 4.42 Å². The van der Waals surface area contributed by atoms with Crippen molar-refractivity contribution in [1.82, 2.24) is 4.57 Å². The second kappa shape index (κ2) is 5.92. The van der Waals surface area contributed by atoms with Gasteiger partial charge in [0.15, 0.2) is 0 Å². The van der Waals surface area contributed by atoms with E-state index in [0.717, 1.165) is 10.9 Å². The Kier molecular flexibility index (Phi) is 3.92. The lowest BCUT2D eigenvalue weighted by atomic mass is 10.1. The summed E-state index contributed by atoms with van der Waals surface area (Å²) < 4.78 is 31.9. The second-order valence-corrected chi connectivity index (χ2v) is 5.42. The van der Waals surface area contributed by atoms with Crippen LogP contribution in [0, 0.1) is 13.8 Å². The van der Waals surface area contributed by atoms with E-state index in [0.29, 0.717) is 15.8 Å². The van der Waals surface area contributed by atoms with Crippen LogP contribution in [0.3, 0.4) is 0 Å². The van der Waals surface area contributed by atoms with Crippen LogP contribution in [0.25, 0.3) is 11.0 Å². The van der Waals surface area contributed by atoms with Crippen LogP contribution in [0.2, 0.25) is 0 Å². The van der Waals surface area contributed by atoms with Crippen LogP contribution in [0.5, 0.6) is 0 Å². The number of hydrogen-bond acceptors (Lipinski definition) is 3. The molecule has 24 heavy (non-hydrogen) atoms. The summed E-state index contributed by atoms with van der Waals surface area (Å²) in [4.78, 5) is 23.7. The van der Waals surface area contributed by atoms with Crippen molar-refractivity contribution in [1.29, 1.82) is 0 Å². The summed E-state index contributed by atoms with van der Waals surface area (Å²) in [5, 5.41) is 3.28. The third-order valence-corrected chi connectivity index (χ3v) is 3.76. The van der Waals surface area contributed by atoms with E-state index in [2.05, 4.69) is 5.32 Å². The number of amides is 1. The Bertz CT molecular complexity index is 989. The van der Waals surface area contributed by atoms with Crippen LogP contribution in [0.15, 0.2) is 45.6 Å². The van der Waals surface area contributed by atoms with Crippen LogP contribution in [-0.2, 0) is 0 Å². The number of nitrogens with one attached hydrogen (secondary N) is 1. The predicted octanol–water partition coefficient (Wildman–Crippen LogP) is 3.86. The standard InChI is InChI=1S/C17H14F2N2O3/c1-9-7-15(22)24-14-8-11(4-5-12(9)14)20-16(23)13-6-3-10(2)21(13)17(18)19/h3-8,17H,1-2H3,(H,20,23). The first-order valence-corrected chi connectivity index (χ1v) is 7.18. The molecule has 0 atom stereocenters. The minimum Gasteiger partial charge on any atom is -0.423 e. The van der Waals surface area contributed by atoms with Crippen molar-refractivity contribution in [3.63, 3.8) is 0 Å². The zero-order valence-corrected chi connectivity index (χ0v) is 13.0. The number of carbonyl (C=O) groups is 1. The average Bonchev–Trinajstić information content (AvgIpc) is 2.88. The van der Waals surface area contributed by atoms with Gasteiger partial charge in [-0.2, -0.15) is 8.78 Å². The minimum absolute atomic E-state index is 0.145. The van der Waals surface area contributed by atoms with Gasteiger partial charge in [-0.1, -0.05) is 0 Å². The molecule has 2 aromatic heterocycles. The molecule has 3 aromatic rings. The molecule has 0 aliphatic carbocycles. The van der Waals surface area contributed by atoms with Crippen molar-refractivity contribution in [3.8, 4) is 0 Å². The number of benzene rings is 1. The number of rotatable bonds is 3. The number of alkyl halides is 2. The van der Waals surface area contributed by atoms with E-state index in [1.807, 2.05) is 0 Å². The molecule has 0 unspecified atom stereocenters. The first kappa shape index (κ1) is 15.9. The minimum atomic E-state index is -2.81. The highest BCUT2D eigenvalue weighted by Crippen LogP contribution is 2.23. The normalized spacial score (nSPS) is 11.2. The van der Waals surface area contributed by atoms with Gasteiger partial charge < -0.3 is 9.73 Å². The summed E-state index contributed by atoms with van der Waals surface area (Å²) in [6, 6.07) is 8.96. The van der Waals surface area contributed by atoms with E-state index < -0.39 is 18.1 Å². The highest BCUT2D eigenvalue weighted by molar-refractivity contribution is 6.04. The molecule has 0 aliphatic heterocycles. The molecular weight excluding hydrogens is 318 g/mol. The van der Waals surface area contributed by atoms with E-state index in [-0.39, 0.29) is 11.4 Å². The lowest BCUT2D eigenvalue weighted by Crippen LogP contribution is -2.18. The summed E-state index contributed by atoms with van der Waals surface area (Å²) in [5.41, 5.74) is 1.06. The van der Waals surface area contributed by atoms with Crippen LogP contribution in [-0.4, -0.2) is 10.5 Å². The third kappa shape index (κ3) is 2.80. The van der Waals surface area contributed by atoms with Gasteiger partial charge in [0.25, 0.3) is 5.91 Å². The number of carbonyl (C=O) groups excluding carboxylic acids is 1. The van der Waals surface area contributed by atoms with Gasteiger partial charge in [0.1, 0.15) is 11.3 Å². The summed E-state index contributed by atoms with van der Waals surface area (Å²) in [7, 11) is 0. The molecule has 1 aromatic carbocycles. The van der Waals surface area contributed by atoms with Gasteiger partial charge in [0.05, 0.1) is 0 Å². The number of halogens is 2. The topological polar surface area (TPSA) is 64.2 Å². The smallest absolute Gasteiger partial charge is 0.336 e. The lowest BCUT2D eigenvalue weighted by Gasteiger charge is -2.11. The Hall–Kier alpha value is -2.96. The third-order valence-electron chi connectivity index (χ3n) is 3.76. The van der Waals surface area contributed by atoms with Crippen LogP contribution >= 0.6 is 0 Å². The van der Waals surface area contributed by atoms with Crippen LogP contribution < -0.4 is 10.9 Å². The molecule has 0 saturated carbocycles. The highest BCUT2D eigenvalue weighted by Gasteiger charge is 2.19. The van der Waals surface area contributed by atoms with Crippen molar-refractivity contribution in [2.75, 3.05) is 5.32 Å². The van der Waals surface area contributed by atoms with Crippen molar-refractivity contribution in [3.05, 3.63) is 63.8 Å². The first-order valence-electron chi connectivity index (χ1n) is 7.18. The second-order valence-electron chi connectivity index (χ2n) is 5.42. The van der Waals surface area contributed by atoms with Crippen molar-refractivity contribution in [2.45, 2.75) is 20.4 Å². The summed E-state index contributed by atoms with van der Waals surface area (Å²) in [6.07, 6.45) is 0. The van der Waals surface area contributed by atoms with E-state index >= 15 is 0 Å². The van der Waals surface area contributed by atoms with Gasteiger partial charge in [-0.05, 0) is 43.7 Å². The molecule has 1 N–H and O–H groups in total. The molecule has 3 rings (SSSR count). The molecule has 0 radical (unpaired) electrons. The first-order chi connectivity index (χ1) is 11.4. The fourth-order valence-corrected chi connectivity index (χ4v) is 2.59. The van der Waals surface area contributed by atoms with Crippen molar-refractivity contribution in [2.24, 2.45) is 0 Å². The molecule has 0 aliphatic rings. The fourth-order valence-electron chi connectivity index (χ4n) is 2.59. The van der Waals surface area contributed by atoms with Crippen LogP contribution in [0.1, 0.15) is 28.3 Å². The molecule has 0 fully saturated rings. The van der Waals surface area contributed by atoms with Gasteiger partial charge >= 0.3 is 12.2 Å². The Morgan fingerprint density at radius 2 is 1.92 bits per heavy atom. The molecule has 1 amide bonds. The van der Waals surface area contributed by atoms with E-state index in [1.165, 1.54) is 31.2 Å². The van der Waals surface area contributed by atoms with Crippen LogP contribution in [0.4, 0.5) is 14.5 Å². The number of aromatic nitrogens is 1. The van der Waals surface area contributed by atoms with Gasteiger partial charge in [0, 0.05) is 28.9 Å². The monoisotopic (exact) mass is 332 g/mol. The largest absolute Gasteiger partial charge is 0.423 e. The quantitative estimate of drug-likeness (QED) is 0.741. The number of hydrogen-bond donors (Lipinski definition) is 1. The van der Waals surface area contributed by atoms with Gasteiger partial charge in [-0.25, -0.2) is 4.79 Å². The van der Waals surface area contributed by atoms with Crippen molar-refractivity contribution < 1.29 is 18.0 Å². The Morgan fingerprint density at radius 1 is 1.17 bits per heavy atom. The molecule has 2 heterocycles. The number of nitrogens with zero attached hydrogens (tertiary/aromatic N) is 1. The molecule has 0 spiro atoms. The van der Waals surface area contributed by atoms with Gasteiger partial charge in [-0.3, -0.25) is 9.36 Å².